The van der Waals surface area contributed by atoms with Gasteiger partial charge in [0.25, 0.3) is 5.78 Å². The van der Waals surface area contributed by atoms with Crippen molar-refractivity contribution < 1.29 is 19.8 Å². The summed E-state index contributed by atoms with van der Waals surface area (Å²) in [6, 6.07) is 0. The molecule has 44 valence electrons. The van der Waals surface area contributed by atoms with Crippen LogP contribution in [0.2, 0.25) is 0 Å². The van der Waals surface area contributed by atoms with Crippen molar-refractivity contribution in [1.29, 1.82) is 0 Å². The van der Waals surface area contributed by atoms with E-state index in [1.54, 1.807) is 0 Å². The van der Waals surface area contributed by atoms with Crippen molar-refractivity contribution in [3.05, 3.63) is 12.3 Å². The number of carboxylic acids is 1. The largest absolute Gasteiger partial charge is 0.515 e. The SMILES string of the molecule is O=C(O)C(=O)/C=C\O. The minimum atomic E-state index is -1.57. The highest BCUT2D eigenvalue weighted by molar-refractivity contribution is 6.37. The highest BCUT2D eigenvalue weighted by atomic mass is 16.4. The zero-order valence-corrected chi connectivity index (χ0v) is 3.87. The average molecular weight is 116 g/mol. The van der Waals surface area contributed by atoms with Crippen LogP contribution in [0.15, 0.2) is 12.3 Å². The van der Waals surface area contributed by atoms with Crippen LogP contribution in [0.1, 0.15) is 0 Å². The second-order valence-electron chi connectivity index (χ2n) is 0.985. The molecule has 0 bridgehead atoms. The fourth-order valence-corrected chi connectivity index (χ4v) is 0.139. The van der Waals surface area contributed by atoms with E-state index in [2.05, 4.69) is 0 Å². The molecular weight excluding hydrogens is 112 g/mol. The Labute approximate surface area is 45.1 Å². The second-order valence-corrected chi connectivity index (χ2v) is 0.985. The molecule has 0 unspecified atom stereocenters. The first-order valence-electron chi connectivity index (χ1n) is 1.76. The molecule has 4 heteroatoms. The van der Waals surface area contributed by atoms with Crippen molar-refractivity contribution >= 4 is 11.8 Å². The molecule has 0 spiro atoms. The van der Waals surface area contributed by atoms with Crippen LogP contribution in [0.5, 0.6) is 0 Å². The Morgan fingerprint density at radius 3 is 2.00 bits per heavy atom. The molecule has 0 heterocycles. The van der Waals surface area contributed by atoms with E-state index in [0.29, 0.717) is 12.3 Å². The summed E-state index contributed by atoms with van der Waals surface area (Å²) in [6.07, 6.45) is 0.943. The minimum absolute atomic E-state index is 0.385. The van der Waals surface area contributed by atoms with Crippen LogP contribution in [-0.4, -0.2) is 22.0 Å². The fourth-order valence-electron chi connectivity index (χ4n) is 0.139. The summed E-state index contributed by atoms with van der Waals surface area (Å²) >= 11 is 0. The molecule has 0 rings (SSSR count). The zero-order chi connectivity index (χ0) is 6.57. The monoisotopic (exact) mass is 116 g/mol. The summed E-state index contributed by atoms with van der Waals surface area (Å²) < 4.78 is 0. The van der Waals surface area contributed by atoms with Crippen molar-refractivity contribution in [1.82, 2.24) is 0 Å². The van der Waals surface area contributed by atoms with Crippen molar-refractivity contribution in [3.8, 4) is 0 Å². The van der Waals surface area contributed by atoms with Crippen LogP contribution in [0.3, 0.4) is 0 Å². The number of hydrogen-bond acceptors (Lipinski definition) is 3. The molecule has 0 saturated heterocycles. The smallest absolute Gasteiger partial charge is 0.376 e. The maximum atomic E-state index is 9.90. The number of carbonyl (C=O) groups excluding carboxylic acids is 1. The Balaban J connectivity index is 3.85. The Morgan fingerprint density at radius 1 is 1.38 bits per heavy atom. The van der Waals surface area contributed by atoms with Gasteiger partial charge < -0.3 is 10.2 Å². The third-order valence-electron chi connectivity index (χ3n) is 0.437. The van der Waals surface area contributed by atoms with E-state index in [4.69, 9.17) is 10.2 Å². The van der Waals surface area contributed by atoms with Crippen LogP contribution in [0.4, 0.5) is 0 Å². The van der Waals surface area contributed by atoms with Gasteiger partial charge in [-0.25, -0.2) is 4.79 Å². The lowest BCUT2D eigenvalue weighted by Crippen LogP contribution is -2.08. The van der Waals surface area contributed by atoms with Crippen LogP contribution in [0, 0.1) is 0 Å². The number of aliphatic carboxylic acids is 1. The van der Waals surface area contributed by atoms with Gasteiger partial charge in [-0.3, -0.25) is 4.79 Å². The minimum Gasteiger partial charge on any atom is -0.515 e. The molecule has 0 aromatic rings. The summed E-state index contributed by atoms with van der Waals surface area (Å²) in [7, 11) is 0. The van der Waals surface area contributed by atoms with Crippen molar-refractivity contribution in [3.63, 3.8) is 0 Å². The molecule has 0 atom stereocenters. The van der Waals surface area contributed by atoms with Gasteiger partial charge in [-0.05, 0) is 0 Å². The van der Waals surface area contributed by atoms with Gasteiger partial charge in [0.15, 0.2) is 0 Å². The predicted octanol–water partition coefficient (Wildman–Crippen LogP) is -0.288. The number of hydrogen-bond donors (Lipinski definition) is 2. The lowest BCUT2D eigenvalue weighted by molar-refractivity contribution is -0.146. The third-order valence-corrected chi connectivity index (χ3v) is 0.437. The summed E-state index contributed by atoms with van der Waals surface area (Å²) in [5, 5.41) is 15.6. The zero-order valence-electron chi connectivity index (χ0n) is 3.87. The molecule has 0 aromatic heterocycles. The summed E-state index contributed by atoms with van der Waals surface area (Å²) in [5.41, 5.74) is 0. The summed E-state index contributed by atoms with van der Waals surface area (Å²) in [4.78, 5) is 19.5. The maximum Gasteiger partial charge on any atom is 0.376 e. The molecule has 0 saturated carbocycles. The van der Waals surface area contributed by atoms with E-state index in [1.807, 2.05) is 0 Å². The van der Waals surface area contributed by atoms with Gasteiger partial charge >= 0.3 is 5.97 Å². The molecule has 4 nitrogen and oxygen atoms in total. The van der Waals surface area contributed by atoms with Gasteiger partial charge in [-0.2, -0.15) is 0 Å². The first-order valence-corrected chi connectivity index (χ1v) is 1.76. The summed E-state index contributed by atoms with van der Waals surface area (Å²) in [6.45, 7) is 0. The Kier molecular flexibility index (Phi) is 2.33. The van der Waals surface area contributed by atoms with E-state index in [9.17, 15) is 9.59 Å². The number of carboxylic acid groups (broad SMARTS) is 1. The highest BCUT2D eigenvalue weighted by Crippen LogP contribution is 1.72. The quantitative estimate of drug-likeness (QED) is 0.295. The molecule has 0 aliphatic heterocycles. The van der Waals surface area contributed by atoms with Gasteiger partial charge in [0.1, 0.15) is 0 Å². The number of carbonyl (C=O) groups is 2. The van der Waals surface area contributed by atoms with Crippen LogP contribution < -0.4 is 0 Å². The van der Waals surface area contributed by atoms with E-state index < -0.39 is 11.8 Å². The Hall–Kier alpha value is -1.32. The molecule has 0 fully saturated rings. The third kappa shape index (κ3) is 1.96. The first kappa shape index (κ1) is 6.68. The molecule has 0 aliphatic rings. The van der Waals surface area contributed by atoms with Crippen molar-refractivity contribution in [2.75, 3.05) is 0 Å². The van der Waals surface area contributed by atoms with E-state index in [0.717, 1.165) is 0 Å². The van der Waals surface area contributed by atoms with Gasteiger partial charge in [0.05, 0.1) is 6.26 Å². The standard InChI is InChI=1S/C4H4O4/c5-2-1-3(6)4(7)8/h1-2,5H,(H,7,8)/b2-1-. The Morgan fingerprint density at radius 2 is 1.88 bits per heavy atom. The topological polar surface area (TPSA) is 74.6 Å². The lowest BCUT2D eigenvalue weighted by atomic mass is 10.4. The van der Waals surface area contributed by atoms with E-state index in [1.165, 1.54) is 0 Å². The van der Waals surface area contributed by atoms with Gasteiger partial charge in [-0.15, -0.1) is 0 Å². The number of ketones is 1. The van der Waals surface area contributed by atoms with Gasteiger partial charge in [0.2, 0.25) is 0 Å². The molecular formula is C4H4O4. The van der Waals surface area contributed by atoms with Crippen LogP contribution in [0.25, 0.3) is 0 Å². The maximum absolute atomic E-state index is 9.90. The number of rotatable bonds is 2. The average Bonchev–Trinajstić information content (AvgIpc) is 1.67. The van der Waals surface area contributed by atoms with Crippen molar-refractivity contribution in [2.45, 2.75) is 0 Å². The van der Waals surface area contributed by atoms with Crippen LogP contribution >= 0.6 is 0 Å². The molecule has 0 amide bonds. The van der Waals surface area contributed by atoms with Gasteiger partial charge in [0, 0.05) is 6.08 Å². The summed E-state index contributed by atoms with van der Waals surface area (Å²) in [5.74, 6) is -2.71. The second kappa shape index (κ2) is 2.79. The normalized spacial score (nSPS) is 9.50. The first-order chi connectivity index (χ1) is 3.68. The van der Waals surface area contributed by atoms with Crippen LogP contribution in [-0.2, 0) is 9.59 Å². The molecule has 0 aliphatic carbocycles. The molecule has 8 heavy (non-hydrogen) atoms. The lowest BCUT2D eigenvalue weighted by Gasteiger charge is -1.77. The van der Waals surface area contributed by atoms with E-state index >= 15 is 0 Å². The van der Waals surface area contributed by atoms with Gasteiger partial charge in [-0.1, -0.05) is 0 Å². The number of aliphatic hydroxyl groups excluding tert-OH is 1. The molecule has 0 aromatic carbocycles. The Bertz CT molecular complexity index is 135. The molecule has 0 radical (unpaired) electrons. The highest BCUT2D eigenvalue weighted by Gasteiger charge is 2.04. The van der Waals surface area contributed by atoms with Crippen molar-refractivity contribution in [2.24, 2.45) is 0 Å². The van der Waals surface area contributed by atoms with E-state index in [-0.39, 0.29) is 0 Å². The fraction of sp³-hybridized carbons (Fsp3) is 0. The number of aliphatic hydroxyl groups is 1. The molecule has 2 N–H and O–H groups in total. The predicted molar refractivity (Wildman–Crippen MR) is 24.4 cm³/mol.